The minimum absolute atomic E-state index is 0.0421. The summed E-state index contributed by atoms with van der Waals surface area (Å²) < 4.78 is 0. The molecular weight excluding hydrogens is 326 g/mol. The monoisotopic (exact) mass is 351 g/mol. The van der Waals surface area contributed by atoms with E-state index < -0.39 is 11.4 Å². The minimum Gasteiger partial charge on any atom is -0.366 e. The maximum absolute atomic E-state index is 12.7. The highest BCUT2D eigenvalue weighted by Gasteiger charge is 2.33. The second kappa shape index (κ2) is 8.18. The highest BCUT2D eigenvalue weighted by atomic mass is 16.2. The van der Waals surface area contributed by atoms with Crippen LogP contribution in [0.2, 0.25) is 0 Å². The number of pyridine rings is 1. The number of hydrogen-bond donors (Lipinski definition) is 2. The molecule has 0 aliphatic heterocycles. The molecule has 1 heterocycles. The Bertz CT molecular complexity index is 767. The Morgan fingerprint density at radius 3 is 2.69 bits per heavy atom. The lowest BCUT2D eigenvalue weighted by atomic mass is 9.81. The van der Waals surface area contributed by atoms with Crippen molar-refractivity contribution in [3.05, 3.63) is 41.7 Å². The summed E-state index contributed by atoms with van der Waals surface area (Å²) in [6.07, 6.45) is 14.9. The molecule has 0 spiro atoms. The number of carbonyl (C=O) groups excluding carboxylic acids is 2. The number of hydrogen-bond acceptors (Lipinski definition) is 3. The predicted molar refractivity (Wildman–Crippen MR) is 100 cm³/mol. The smallest absolute Gasteiger partial charge is 0.250 e. The van der Waals surface area contributed by atoms with E-state index in [1.165, 1.54) is 12.6 Å². The molecule has 1 aromatic rings. The van der Waals surface area contributed by atoms with E-state index in [4.69, 9.17) is 5.73 Å². The molecule has 2 aliphatic carbocycles. The van der Waals surface area contributed by atoms with Gasteiger partial charge in [-0.3, -0.25) is 14.6 Å². The lowest BCUT2D eigenvalue weighted by Gasteiger charge is -2.35. The van der Waals surface area contributed by atoms with Crippen molar-refractivity contribution < 1.29 is 9.59 Å². The number of primary amides is 1. The van der Waals surface area contributed by atoms with Crippen molar-refractivity contribution in [3.63, 3.8) is 0 Å². The molecule has 2 aliphatic rings. The first-order valence-corrected chi connectivity index (χ1v) is 9.33. The molecular formula is C21H25N3O2. The standard InChI is InChI=1S/C21H25N3O2/c22-19(25)18-13-16(14-23-15-18)9-12-21(10-5-2-6-11-21)24-20(26)17-7-3-1-4-8-17/h1,3,13-15,17H,2,4-8,10-11H2,(H2,22,25)(H,24,26). The van der Waals surface area contributed by atoms with Crippen molar-refractivity contribution in [2.75, 3.05) is 0 Å². The van der Waals surface area contributed by atoms with Crippen LogP contribution in [-0.2, 0) is 4.79 Å². The Balaban J connectivity index is 1.80. The lowest BCUT2D eigenvalue weighted by molar-refractivity contribution is -0.126. The number of nitrogens with two attached hydrogens (primary N) is 1. The number of nitrogens with one attached hydrogen (secondary N) is 1. The van der Waals surface area contributed by atoms with Gasteiger partial charge in [0.05, 0.1) is 5.56 Å². The molecule has 0 aromatic carbocycles. The minimum atomic E-state index is -0.521. The molecule has 2 amide bonds. The average molecular weight is 351 g/mol. The Morgan fingerprint density at radius 2 is 2.00 bits per heavy atom. The van der Waals surface area contributed by atoms with Crippen LogP contribution in [-0.4, -0.2) is 22.3 Å². The van der Waals surface area contributed by atoms with E-state index in [-0.39, 0.29) is 11.8 Å². The topological polar surface area (TPSA) is 85.1 Å². The highest BCUT2D eigenvalue weighted by molar-refractivity contribution is 5.92. The summed E-state index contributed by atoms with van der Waals surface area (Å²) in [7, 11) is 0. The first kappa shape index (κ1) is 18.2. The van der Waals surface area contributed by atoms with Crippen molar-refractivity contribution >= 4 is 11.8 Å². The van der Waals surface area contributed by atoms with Crippen LogP contribution in [0.25, 0.3) is 0 Å². The zero-order valence-corrected chi connectivity index (χ0v) is 15.0. The van der Waals surface area contributed by atoms with E-state index in [0.29, 0.717) is 11.1 Å². The summed E-state index contributed by atoms with van der Waals surface area (Å²) in [5, 5.41) is 3.25. The molecule has 0 bridgehead atoms. The van der Waals surface area contributed by atoms with Crippen molar-refractivity contribution in [1.29, 1.82) is 0 Å². The van der Waals surface area contributed by atoms with Gasteiger partial charge < -0.3 is 11.1 Å². The number of rotatable bonds is 3. The van der Waals surface area contributed by atoms with Gasteiger partial charge >= 0.3 is 0 Å². The summed E-state index contributed by atoms with van der Waals surface area (Å²) in [6, 6.07) is 1.65. The van der Waals surface area contributed by atoms with Crippen LogP contribution >= 0.6 is 0 Å². The molecule has 1 atom stereocenters. The van der Waals surface area contributed by atoms with Gasteiger partial charge in [0.25, 0.3) is 0 Å². The normalized spacial score (nSPS) is 21.3. The van der Waals surface area contributed by atoms with Gasteiger partial charge in [-0.2, -0.15) is 0 Å². The molecule has 3 N–H and O–H groups in total. The van der Waals surface area contributed by atoms with Gasteiger partial charge in [0.15, 0.2) is 0 Å². The van der Waals surface area contributed by atoms with Gasteiger partial charge in [-0.05, 0) is 38.2 Å². The molecule has 1 saturated carbocycles. The van der Waals surface area contributed by atoms with Crippen LogP contribution in [0.3, 0.4) is 0 Å². The summed E-state index contributed by atoms with van der Waals surface area (Å²) in [6.45, 7) is 0. The van der Waals surface area contributed by atoms with Crippen molar-refractivity contribution in [1.82, 2.24) is 10.3 Å². The van der Waals surface area contributed by atoms with Crippen molar-refractivity contribution in [2.24, 2.45) is 11.7 Å². The average Bonchev–Trinajstić information content (AvgIpc) is 2.68. The summed E-state index contributed by atoms with van der Waals surface area (Å²) in [5.74, 6) is 6.03. The lowest BCUT2D eigenvalue weighted by Crippen LogP contribution is -2.50. The fourth-order valence-corrected chi connectivity index (χ4v) is 3.64. The quantitative estimate of drug-likeness (QED) is 0.648. The molecule has 26 heavy (non-hydrogen) atoms. The van der Waals surface area contributed by atoms with Crippen LogP contribution in [0.4, 0.5) is 0 Å². The number of allylic oxidation sites excluding steroid dienone is 2. The van der Waals surface area contributed by atoms with Gasteiger partial charge in [0.1, 0.15) is 5.54 Å². The summed E-state index contributed by atoms with van der Waals surface area (Å²) in [4.78, 5) is 28.1. The Kier molecular flexibility index (Phi) is 5.72. The Morgan fingerprint density at radius 1 is 1.19 bits per heavy atom. The van der Waals surface area contributed by atoms with Crippen LogP contribution in [0, 0.1) is 17.8 Å². The van der Waals surface area contributed by atoms with E-state index in [1.807, 2.05) is 0 Å². The highest BCUT2D eigenvalue weighted by Crippen LogP contribution is 2.29. The molecule has 0 radical (unpaired) electrons. The number of nitrogens with zero attached hydrogens (tertiary/aromatic N) is 1. The maximum Gasteiger partial charge on any atom is 0.250 e. The van der Waals surface area contributed by atoms with Gasteiger partial charge in [-0.25, -0.2) is 0 Å². The van der Waals surface area contributed by atoms with Crippen molar-refractivity contribution in [2.45, 2.75) is 56.9 Å². The molecule has 1 aromatic heterocycles. The first-order chi connectivity index (χ1) is 12.6. The van der Waals surface area contributed by atoms with E-state index in [0.717, 1.165) is 44.9 Å². The zero-order valence-electron chi connectivity index (χ0n) is 15.0. The number of amides is 2. The molecule has 0 saturated heterocycles. The first-order valence-electron chi connectivity index (χ1n) is 9.33. The summed E-state index contributed by atoms with van der Waals surface area (Å²) in [5.41, 5.74) is 5.80. The van der Waals surface area contributed by atoms with Gasteiger partial charge in [-0.15, -0.1) is 0 Å². The maximum atomic E-state index is 12.7. The Labute approximate surface area is 154 Å². The van der Waals surface area contributed by atoms with E-state index in [9.17, 15) is 9.59 Å². The SMILES string of the molecule is NC(=O)c1cncc(C#CC2(NC(=O)C3CC=CCC3)CCCCC2)c1. The molecule has 1 unspecified atom stereocenters. The molecule has 1 fully saturated rings. The van der Waals surface area contributed by atoms with Crippen LogP contribution in [0.1, 0.15) is 67.3 Å². The van der Waals surface area contributed by atoms with Gasteiger partial charge in [-0.1, -0.05) is 43.3 Å². The van der Waals surface area contributed by atoms with E-state index in [1.54, 1.807) is 12.3 Å². The van der Waals surface area contributed by atoms with E-state index >= 15 is 0 Å². The zero-order chi connectivity index (χ0) is 18.4. The van der Waals surface area contributed by atoms with Crippen LogP contribution < -0.4 is 11.1 Å². The van der Waals surface area contributed by atoms with Crippen LogP contribution in [0.15, 0.2) is 30.6 Å². The molecule has 5 heteroatoms. The Hall–Kier alpha value is -2.61. The van der Waals surface area contributed by atoms with Crippen molar-refractivity contribution in [3.8, 4) is 11.8 Å². The fourth-order valence-electron chi connectivity index (χ4n) is 3.64. The van der Waals surface area contributed by atoms with Crippen LogP contribution in [0.5, 0.6) is 0 Å². The second-order valence-corrected chi connectivity index (χ2v) is 7.19. The third kappa shape index (κ3) is 4.51. The van der Waals surface area contributed by atoms with Gasteiger partial charge in [0, 0.05) is 23.9 Å². The third-order valence-corrected chi connectivity index (χ3v) is 5.18. The second-order valence-electron chi connectivity index (χ2n) is 7.19. The fraction of sp³-hybridized carbons (Fsp3) is 0.476. The molecule has 3 rings (SSSR count). The van der Waals surface area contributed by atoms with E-state index in [2.05, 4.69) is 34.3 Å². The summed E-state index contributed by atoms with van der Waals surface area (Å²) >= 11 is 0. The number of aromatic nitrogens is 1. The number of carbonyl (C=O) groups is 2. The largest absolute Gasteiger partial charge is 0.366 e. The third-order valence-electron chi connectivity index (χ3n) is 5.18. The molecule has 5 nitrogen and oxygen atoms in total. The van der Waals surface area contributed by atoms with Gasteiger partial charge in [0.2, 0.25) is 11.8 Å². The molecule has 136 valence electrons. The predicted octanol–water partition coefficient (Wildman–Crippen LogP) is 2.71.